The molecule has 20 heavy (non-hydrogen) atoms. The Morgan fingerprint density at radius 2 is 1.90 bits per heavy atom. The highest BCUT2D eigenvalue weighted by Crippen LogP contribution is 2.25. The topological polar surface area (TPSA) is 35.5 Å². The molecule has 0 aliphatic carbocycles. The van der Waals surface area contributed by atoms with Crippen LogP contribution in [0, 0.1) is 5.92 Å². The fourth-order valence-electron chi connectivity index (χ4n) is 3.14. The third-order valence-electron chi connectivity index (χ3n) is 4.48. The highest BCUT2D eigenvalue weighted by molar-refractivity contribution is 5.25. The van der Waals surface area contributed by atoms with E-state index >= 15 is 0 Å². The first kappa shape index (κ1) is 15.5. The van der Waals surface area contributed by atoms with Gasteiger partial charge in [0.2, 0.25) is 0 Å². The molecule has 0 spiro atoms. The van der Waals surface area contributed by atoms with Crippen molar-refractivity contribution < 1.29 is 5.11 Å². The molecule has 1 aliphatic rings. The van der Waals surface area contributed by atoms with Gasteiger partial charge in [0.1, 0.15) is 0 Å². The van der Waals surface area contributed by atoms with E-state index in [1.165, 1.54) is 18.4 Å². The first-order chi connectivity index (χ1) is 9.70. The summed E-state index contributed by atoms with van der Waals surface area (Å²) in [6.45, 7) is 8.59. The van der Waals surface area contributed by atoms with E-state index in [0.717, 1.165) is 32.1 Å². The van der Waals surface area contributed by atoms with Gasteiger partial charge in [-0.15, -0.1) is 0 Å². The largest absolute Gasteiger partial charge is 0.394 e. The zero-order valence-corrected chi connectivity index (χ0v) is 12.8. The van der Waals surface area contributed by atoms with Crippen LogP contribution in [-0.2, 0) is 5.54 Å². The minimum Gasteiger partial charge on any atom is -0.394 e. The molecule has 0 amide bonds. The van der Waals surface area contributed by atoms with Crippen LogP contribution in [0.25, 0.3) is 0 Å². The van der Waals surface area contributed by atoms with Gasteiger partial charge < -0.3 is 15.3 Å². The van der Waals surface area contributed by atoms with Gasteiger partial charge in [-0.2, -0.15) is 0 Å². The number of hydrogen-bond donors (Lipinski definition) is 2. The molecule has 3 nitrogen and oxygen atoms in total. The van der Waals surface area contributed by atoms with Gasteiger partial charge in [-0.05, 0) is 44.0 Å². The Kier molecular flexibility index (Phi) is 5.58. The standard InChI is InChI=1S/C17H28N2O/c1-3-18-17(14-20,16-7-5-4-6-8-16)13-19-11-9-15(2)10-12-19/h4-8,15,18,20H,3,9-14H2,1-2H3. The lowest BCUT2D eigenvalue weighted by Crippen LogP contribution is -2.54. The molecule has 0 radical (unpaired) electrons. The van der Waals surface area contributed by atoms with E-state index in [4.69, 9.17) is 0 Å². The van der Waals surface area contributed by atoms with Crippen molar-refractivity contribution in [1.82, 2.24) is 10.2 Å². The van der Waals surface area contributed by atoms with E-state index in [1.807, 2.05) is 6.07 Å². The van der Waals surface area contributed by atoms with Crippen LogP contribution in [-0.4, -0.2) is 42.8 Å². The maximum atomic E-state index is 10.1. The van der Waals surface area contributed by atoms with E-state index in [1.54, 1.807) is 0 Å². The van der Waals surface area contributed by atoms with Gasteiger partial charge in [0.25, 0.3) is 0 Å². The Bertz CT molecular complexity index is 387. The monoisotopic (exact) mass is 276 g/mol. The van der Waals surface area contributed by atoms with Crippen LogP contribution in [0.1, 0.15) is 32.3 Å². The number of likely N-dealkylation sites (N-methyl/N-ethyl adjacent to an activating group) is 1. The minimum absolute atomic E-state index is 0.136. The average molecular weight is 276 g/mol. The number of aliphatic hydroxyl groups is 1. The molecular formula is C17H28N2O. The molecule has 3 heteroatoms. The van der Waals surface area contributed by atoms with Crippen molar-refractivity contribution in [2.24, 2.45) is 5.92 Å². The van der Waals surface area contributed by atoms with Crippen LogP contribution >= 0.6 is 0 Å². The third-order valence-corrected chi connectivity index (χ3v) is 4.48. The number of nitrogens with zero attached hydrogens (tertiary/aromatic N) is 1. The Hall–Kier alpha value is -0.900. The number of nitrogens with one attached hydrogen (secondary N) is 1. The van der Waals surface area contributed by atoms with Crippen molar-refractivity contribution in [3.8, 4) is 0 Å². The summed E-state index contributed by atoms with van der Waals surface area (Å²) in [4.78, 5) is 2.49. The molecule has 1 unspecified atom stereocenters. The average Bonchev–Trinajstić information content (AvgIpc) is 2.50. The molecule has 0 bridgehead atoms. The van der Waals surface area contributed by atoms with Crippen molar-refractivity contribution in [1.29, 1.82) is 0 Å². The predicted molar refractivity (Wildman–Crippen MR) is 83.7 cm³/mol. The summed E-state index contributed by atoms with van der Waals surface area (Å²) in [5.74, 6) is 0.839. The molecule has 0 aromatic heterocycles. The van der Waals surface area contributed by atoms with Gasteiger partial charge in [0, 0.05) is 6.54 Å². The molecule has 1 aromatic rings. The van der Waals surface area contributed by atoms with E-state index in [0.29, 0.717) is 0 Å². The lowest BCUT2D eigenvalue weighted by molar-refractivity contribution is 0.0881. The molecular weight excluding hydrogens is 248 g/mol. The normalized spacial score (nSPS) is 20.8. The number of benzene rings is 1. The van der Waals surface area contributed by atoms with E-state index < -0.39 is 0 Å². The van der Waals surface area contributed by atoms with Gasteiger partial charge in [-0.25, -0.2) is 0 Å². The molecule has 0 saturated carbocycles. The highest BCUT2D eigenvalue weighted by atomic mass is 16.3. The molecule has 2 rings (SSSR count). The van der Waals surface area contributed by atoms with Crippen LogP contribution in [0.4, 0.5) is 0 Å². The van der Waals surface area contributed by atoms with E-state index in [-0.39, 0.29) is 12.1 Å². The summed E-state index contributed by atoms with van der Waals surface area (Å²) in [6.07, 6.45) is 2.53. The zero-order valence-electron chi connectivity index (χ0n) is 12.8. The summed E-state index contributed by atoms with van der Waals surface area (Å²) in [7, 11) is 0. The van der Waals surface area contributed by atoms with Gasteiger partial charge >= 0.3 is 0 Å². The van der Waals surface area contributed by atoms with Crippen molar-refractivity contribution in [2.75, 3.05) is 32.8 Å². The second-order valence-corrected chi connectivity index (χ2v) is 6.10. The first-order valence-corrected chi connectivity index (χ1v) is 7.84. The smallest absolute Gasteiger partial charge is 0.0797 e. The number of aliphatic hydroxyl groups excluding tert-OH is 1. The second-order valence-electron chi connectivity index (χ2n) is 6.10. The maximum absolute atomic E-state index is 10.1. The van der Waals surface area contributed by atoms with Crippen molar-refractivity contribution in [2.45, 2.75) is 32.2 Å². The number of hydrogen-bond acceptors (Lipinski definition) is 3. The molecule has 1 saturated heterocycles. The van der Waals surface area contributed by atoms with Crippen molar-refractivity contribution in [3.63, 3.8) is 0 Å². The lowest BCUT2D eigenvalue weighted by Gasteiger charge is -2.40. The minimum atomic E-state index is -0.337. The lowest BCUT2D eigenvalue weighted by atomic mass is 9.88. The van der Waals surface area contributed by atoms with Crippen LogP contribution in [0.15, 0.2) is 30.3 Å². The van der Waals surface area contributed by atoms with Crippen LogP contribution < -0.4 is 5.32 Å². The van der Waals surface area contributed by atoms with Crippen molar-refractivity contribution >= 4 is 0 Å². The molecule has 112 valence electrons. The second kappa shape index (κ2) is 7.21. The molecule has 1 fully saturated rings. The molecule has 1 atom stereocenters. The quantitative estimate of drug-likeness (QED) is 0.836. The van der Waals surface area contributed by atoms with Crippen LogP contribution in [0.2, 0.25) is 0 Å². The van der Waals surface area contributed by atoms with Gasteiger partial charge in [-0.1, -0.05) is 44.2 Å². The summed E-state index contributed by atoms with van der Waals surface area (Å²) in [5, 5.41) is 13.6. The van der Waals surface area contributed by atoms with Crippen molar-refractivity contribution in [3.05, 3.63) is 35.9 Å². The molecule has 1 heterocycles. The predicted octanol–water partition coefficient (Wildman–Crippen LogP) is 2.22. The van der Waals surface area contributed by atoms with Gasteiger partial charge in [0.05, 0.1) is 12.1 Å². The molecule has 1 aliphatic heterocycles. The Labute approximate surface area is 123 Å². The zero-order chi connectivity index (χ0) is 14.4. The highest BCUT2D eigenvalue weighted by Gasteiger charge is 2.33. The number of rotatable bonds is 6. The molecule has 2 N–H and O–H groups in total. The third kappa shape index (κ3) is 3.60. The fraction of sp³-hybridized carbons (Fsp3) is 0.647. The molecule has 1 aromatic carbocycles. The van der Waals surface area contributed by atoms with E-state index in [2.05, 4.69) is 48.3 Å². The van der Waals surface area contributed by atoms with Gasteiger partial charge in [0.15, 0.2) is 0 Å². The van der Waals surface area contributed by atoms with Gasteiger partial charge in [-0.3, -0.25) is 0 Å². The summed E-state index contributed by atoms with van der Waals surface area (Å²) >= 11 is 0. The maximum Gasteiger partial charge on any atom is 0.0797 e. The van der Waals surface area contributed by atoms with E-state index in [9.17, 15) is 5.11 Å². The summed E-state index contributed by atoms with van der Waals surface area (Å²) in [5.41, 5.74) is 0.847. The first-order valence-electron chi connectivity index (χ1n) is 7.84. The summed E-state index contributed by atoms with van der Waals surface area (Å²) < 4.78 is 0. The number of likely N-dealkylation sites (tertiary alicyclic amines) is 1. The SMILES string of the molecule is CCNC(CO)(CN1CCC(C)CC1)c1ccccc1. The van der Waals surface area contributed by atoms with Crippen LogP contribution in [0.5, 0.6) is 0 Å². The summed E-state index contributed by atoms with van der Waals surface area (Å²) in [6, 6.07) is 10.4. The number of piperidine rings is 1. The fourth-order valence-corrected chi connectivity index (χ4v) is 3.14. The Morgan fingerprint density at radius 3 is 2.45 bits per heavy atom. The Morgan fingerprint density at radius 1 is 1.25 bits per heavy atom. The van der Waals surface area contributed by atoms with Crippen LogP contribution in [0.3, 0.4) is 0 Å². The Balaban J connectivity index is 2.14.